The van der Waals surface area contributed by atoms with Gasteiger partial charge in [-0.25, -0.2) is 15.0 Å². The van der Waals surface area contributed by atoms with Gasteiger partial charge in [0, 0.05) is 49.0 Å². The zero-order valence-corrected chi connectivity index (χ0v) is 34.7. The van der Waals surface area contributed by atoms with Crippen LogP contribution in [0, 0.1) is 0 Å². The third kappa shape index (κ3) is 5.57. The monoisotopic (exact) mass is 830 g/mol. The van der Waals surface area contributed by atoms with Crippen LogP contribution in [-0.2, 0) is 0 Å². The molecular weight excluding hydrogens is 797 g/mol. The van der Waals surface area contributed by atoms with Crippen molar-refractivity contribution in [1.82, 2.24) is 19.5 Å². The van der Waals surface area contributed by atoms with E-state index in [4.69, 9.17) is 23.8 Å². The van der Waals surface area contributed by atoms with Crippen molar-refractivity contribution in [2.45, 2.75) is 0 Å². The van der Waals surface area contributed by atoms with E-state index in [2.05, 4.69) is 168 Å². The summed E-state index contributed by atoms with van der Waals surface area (Å²) in [6, 6.07) is 72.2. The normalized spacial score (nSPS) is 12.0. The zero-order valence-electron chi connectivity index (χ0n) is 34.7. The first-order chi connectivity index (χ1) is 32.2. The molecule has 6 heteroatoms. The van der Waals surface area contributed by atoms with Gasteiger partial charge in [0.25, 0.3) is 0 Å². The Morgan fingerprint density at radius 1 is 0.308 bits per heavy atom. The first-order valence-electron chi connectivity index (χ1n) is 21.8. The largest absolute Gasteiger partial charge is 0.456 e. The highest BCUT2D eigenvalue weighted by Crippen LogP contribution is 2.44. The molecule has 4 heterocycles. The predicted molar refractivity (Wildman–Crippen MR) is 265 cm³/mol. The predicted octanol–water partition coefficient (Wildman–Crippen LogP) is 15.7. The molecule has 14 aromatic rings. The van der Waals surface area contributed by atoms with Crippen molar-refractivity contribution < 1.29 is 8.83 Å². The Morgan fingerprint density at radius 2 is 0.846 bits per heavy atom. The van der Waals surface area contributed by atoms with Crippen LogP contribution in [0.15, 0.2) is 215 Å². The number of benzene rings is 10. The van der Waals surface area contributed by atoms with Crippen molar-refractivity contribution in [3.8, 4) is 51.0 Å². The summed E-state index contributed by atoms with van der Waals surface area (Å²) in [5.74, 6) is 1.64. The van der Waals surface area contributed by atoms with Gasteiger partial charge in [0.05, 0.1) is 22.1 Å². The van der Waals surface area contributed by atoms with Crippen molar-refractivity contribution in [2.24, 2.45) is 0 Å². The third-order valence-electron chi connectivity index (χ3n) is 13.0. The van der Waals surface area contributed by atoms with Crippen molar-refractivity contribution in [3.05, 3.63) is 206 Å². The Labute approximate surface area is 371 Å². The number of furan rings is 2. The fourth-order valence-corrected chi connectivity index (χ4v) is 9.92. The quantitative estimate of drug-likeness (QED) is 0.173. The number of hydrogen-bond acceptors (Lipinski definition) is 5. The second-order valence-electron chi connectivity index (χ2n) is 16.8. The topological polar surface area (TPSA) is 69.9 Å². The summed E-state index contributed by atoms with van der Waals surface area (Å²) in [5, 5.41) is 11.2. The molecule has 0 saturated carbocycles. The van der Waals surface area contributed by atoms with E-state index in [0.717, 1.165) is 88.4 Å². The molecule has 0 aliphatic heterocycles. The van der Waals surface area contributed by atoms with Crippen LogP contribution in [0.2, 0.25) is 0 Å². The van der Waals surface area contributed by atoms with Crippen LogP contribution >= 0.6 is 0 Å². The SMILES string of the molecule is c1ccc(-c2ccc(-c3nc(-c4ccc5c(c4)oc4ccccc45)nc(-c4cc(-n5c6cc7ccccc7cc6c6ccc7ccccc7c65)c5c(c4)oc4ccccc45)n3)cc2)cc1. The molecule has 0 bridgehead atoms. The minimum Gasteiger partial charge on any atom is -0.456 e. The van der Waals surface area contributed by atoms with Gasteiger partial charge in [-0.15, -0.1) is 0 Å². The highest BCUT2D eigenvalue weighted by molar-refractivity contribution is 6.22. The highest BCUT2D eigenvalue weighted by Gasteiger charge is 2.23. The molecule has 14 rings (SSSR count). The van der Waals surface area contributed by atoms with E-state index >= 15 is 0 Å². The van der Waals surface area contributed by atoms with Crippen LogP contribution in [0.25, 0.3) is 138 Å². The molecule has 0 fully saturated rings. The van der Waals surface area contributed by atoms with E-state index in [1.54, 1.807) is 0 Å². The summed E-state index contributed by atoms with van der Waals surface area (Å²) in [5.41, 5.74) is 11.2. The maximum absolute atomic E-state index is 6.80. The molecule has 0 atom stereocenters. The minimum absolute atomic E-state index is 0.529. The van der Waals surface area contributed by atoms with Gasteiger partial charge in [-0.3, -0.25) is 0 Å². The molecular formula is C59H34N4O2. The van der Waals surface area contributed by atoms with E-state index in [1.165, 1.54) is 32.3 Å². The maximum Gasteiger partial charge on any atom is 0.164 e. The molecule has 4 aromatic heterocycles. The van der Waals surface area contributed by atoms with Crippen molar-refractivity contribution >= 4 is 87.2 Å². The smallest absolute Gasteiger partial charge is 0.164 e. The maximum atomic E-state index is 6.80. The molecule has 0 aliphatic carbocycles. The molecule has 10 aromatic carbocycles. The fraction of sp³-hybridized carbons (Fsp3) is 0. The molecule has 0 saturated heterocycles. The summed E-state index contributed by atoms with van der Waals surface area (Å²) in [7, 11) is 0. The molecule has 0 aliphatic rings. The average molecular weight is 831 g/mol. The molecule has 65 heavy (non-hydrogen) atoms. The number of para-hydroxylation sites is 2. The fourth-order valence-electron chi connectivity index (χ4n) is 9.92. The van der Waals surface area contributed by atoms with E-state index in [0.29, 0.717) is 17.5 Å². The van der Waals surface area contributed by atoms with Crippen LogP contribution in [0.5, 0.6) is 0 Å². The van der Waals surface area contributed by atoms with Crippen LogP contribution < -0.4 is 0 Å². The molecule has 0 spiro atoms. The second kappa shape index (κ2) is 13.8. The van der Waals surface area contributed by atoms with Crippen LogP contribution in [-0.4, -0.2) is 19.5 Å². The zero-order chi connectivity index (χ0) is 42.6. The lowest BCUT2D eigenvalue weighted by molar-refractivity contribution is 0.668. The van der Waals surface area contributed by atoms with Crippen molar-refractivity contribution in [1.29, 1.82) is 0 Å². The Morgan fingerprint density at radius 3 is 1.65 bits per heavy atom. The summed E-state index contributed by atoms with van der Waals surface area (Å²) < 4.78 is 15.6. The molecule has 302 valence electrons. The summed E-state index contributed by atoms with van der Waals surface area (Å²) in [4.78, 5) is 15.8. The first-order valence-corrected chi connectivity index (χ1v) is 21.8. The Hall–Kier alpha value is -8.87. The van der Waals surface area contributed by atoms with Crippen LogP contribution in [0.3, 0.4) is 0 Å². The molecule has 0 N–H and O–H groups in total. The van der Waals surface area contributed by atoms with E-state index in [9.17, 15) is 0 Å². The number of fused-ring (bicyclic) bond motifs is 12. The molecule has 0 radical (unpaired) electrons. The van der Waals surface area contributed by atoms with Crippen LogP contribution in [0.4, 0.5) is 0 Å². The van der Waals surface area contributed by atoms with Gasteiger partial charge >= 0.3 is 0 Å². The van der Waals surface area contributed by atoms with E-state index in [1.807, 2.05) is 42.5 Å². The lowest BCUT2D eigenvalue weighted by Crippen LogP contribution is -2.02. The van der Waals surface area contributed by atoms with Gasteiger partial charge < -0.3 is 13.4 Å². The van der Waals surface area contributed by atoms with Crippen LogP contribution in [0.1, 0.15) is 0 Å². The average Bonchev–Trinajstić information content (AvgIpc) is 4.05. The van der Waals surface area contributed by atoms with Gasteiger partial charge in [-0.1, -0.05) is 158 Å². The Balaban J connectivity index is 1.06. The van der Waals surface area contributed by atoms with E-state index in [-0.39, 0.29) is 0 Å². The highest BCUT2D eigenvalue weighted by atomic mass is 16.3. The third-order valence-corrected chi connectivity index (χ3v) is 13.0. The van der Waals surface area contributed by atoms with Gasteiger partial charge in [0.2, 0.25) is 0 Å². The summed E-state index contributed by atoms with van der Waals surface area (Å²) >= 11 is 0. The molecule has 0 unspecified atom stereocenters. The lowest BCUT2D eigenvalue weighted by Gasteiger charge is -2.14. The first kappa shape index (κ1) is 35.7. The van der Waals surface area contributed by atoms with Gasteiger partial charge in [-0.2, -0.15) is 0 Å². The second-order valence-corrected chi connectivity index (χ2v) is 16.8. The Kier molecular flexibility index (Phi) is 7.59. The van der Waals surface area contributed by atoms with Crippen molar-refractivity contribution in [3.63, 3.8) is 0 Å². The number of aromatic nitrogens is 4. The molecule has 0 amide bonds. The lowest BCUT2D eigenvalue weighted by atomic mass is 10.0. The molecule has 6 nitrogen and oxygen atoms in total. The van der Waals surface area contributed by atoms with E-state index < -0.39 is 0 Å². The Bertz CT molecular complexity index is 4240. The van der Waals surface area contributed by atoms with Gasteiger partial charge in [0.1, 0.15) is 22.3 Å². The minimum atomic E-state index is 0.529. The van der Waals surface area contributed by atoms with Gasteiger partial charge in [0.15, 0.2) is 17.5 Å². The standard InChI is InChI=1S/C59H34N4O2/c1-2-12-35(13-3-1)36-22-24-38(25-23-36)57-60-58(41-27-28-45-44-18-8-10-20-51(44)64-53(45)33-41)62-59(61-57)42-32-50(55-47-19-9-11-21-52(47)65-54(55)34-42)63-49-31-40-16-5-4-15-39(40)30-48(49)46-29-26-37-14-6-7-17-43(37)56(46)63/h1-34H. The number of nitrogens with zero attached hydrogens (tertiary/aromatic N) is 4. The van der Waals surface area contributed by atoms with Gasteiger partial charge in [-0.05, 0) is 75.8 Å². The summed E-state index contributed by atoms with van der Waals surface area (Å²) in [6.45, 7) is 0. The number of hydrogen-bond donors (Lipinski definition) is 0. The number of rotatable bonds is 5. The summed E-state index contributed by atoms with van der Waals surface area (Å²) in [6.07, 6.45) is 0. The van der Waals surface area contributed by atoms with Crippen molar-refractivity contribution in [2.75, 3.05) is 0 Å².